The van der Waals surface area contributed by atoms with Gasteiger partial charge in [0.05, 0.1) is 67.1 Å². The second-order valence-corrected chi connectivity index (χ2v) is 19.9. The van der Waals surface area contributed by atoms with Crippen LogP contribution < -0.4 is 0 Å². The van der Waals surface area contributed by atoms with Crippen molar-refractivity contribution in [2.45, 2.75) is 0 Å². The highest BCUT2D eigenvalue weighted by atomic mass is 15.1. The van der Waals surface area contributed by atoms with Gasteiger partial charge in [0.15, 0.2) is 17.5 Å². The first kappa shape index (κ1) is 43.5. The standard InChI is InChI=1S/C70H42N8/c71-43-46-39-66(77-62-33-17-11-27-53(62)56-40-47(35-37-64(56)77)75-58-29-13-7-23-49(58)50-24-8-14-30-59(50)75)67(42-55(46)70-73-68(44-19-3-1-4-20-44)72-69(74-70)45-21-5-2-6-22-45)78-63-34-18-12-28-54(63)57-41-48(36-38-65(57)78)76-60-31-15-9-25-51(60)52-26-10-16-32-61(52)76/h1-42H. The quantitative estimate of drug-likeness (QED) is 0.159. The van der Waals surface area contributed by atoms with Gasteiger partial charge in [-0.3, -0.25) is 0 Å². The molecular formula is C70H42N8. The molecule has 0 amide bonds. The molecule has 0 N–H and O–H groups in total. The van der Waals surface area contributed by atoms with E-state index >= 15 is 0 Å². The van der Waals surface area contributed by atoms with Crippen LogP contribution in [0.2, 0.25) is 0 Å². The van der Waals surface area contributed by atoms with Crippen molar-refractivity contribution in [3.05, 3.63) is 260 Å². The van der Waals surface area contributed by atoms with Crippen LogP contribution in [-0.4, -0.2) is 33.2 Å². The number of benzene rings is 11. The van der Waals surface area contributed by atoms with Crippen molar-refractivity contribution in [2.75, 3.05) is 0 Å². The highest BCUT2D eigenvalue weighted by Crippen LogP contribution is 2.43. The molecular weight excluding hydrogens is 953 g/mol. The van der Waals surface area contributed by atoms with Crippen molar-refractivity contribution >= 4 is 87.2 Å². The average molecular weight is 995 g/mol. The summed E-state index contributed by atoms with van der Waals surface area (Å²) in [5.41, 5.74) is 15.2. The zero-order valence-corrected chi connectivity index (χ0v) is 41.8. The minimum absolute atomic E-state index is 0.402. The lowest BCUT2D eigenvalue weighted by atomic mass is 10.0. The van der Waals surface area contributed by atoms with Crippen LogP contribution in [0.3, 0.4) is 0 Å². The van der Waals surface area contributed by atoms with Crippen LogP contribution in [0.5, 0.6) is 0 Å². The first-order valence-electron chi connectivity index (χ1n) is 26.2. The summed E-state index contributed by atoms with van der Waals surface area (Å²) in [7, 11) is 0. The predicted octanol–water partition coefficient (Wildman–Crippen LogP) is 17.1. The molecule has 0 fully saturated rings. The van der Waals surface area contributed by atoms with Crippen molar-refractivity contribution in [1.82, 2.24) is 33.2 Å². The molecule has 0 bridgehead atoms. The number of nitrogens with zero attached hydrogens (tertiary/aromatic N) is 8. The summed E-state index contributed by atoms with van der Waals surface area (Å²) in [6, 6.07) is 92.2. The molecule has 0 spiro atoms. The molecule has 78 heavy (non-hydrogen) atoms. The molecule has 5 aromatic heterocycles. The second-order valence-electron chi connectivity index (χ2n) is 19.9. The van der Waals surface area contributed by atoms with Gasteiger partial charge in [-0.25, -0.2) is 15.0 Å². The average Bonchev–Trinajstić information content (AvgIpc) is 4.44. The van der Waals surface area contributed by atoms with Crippen molar-refractivity contribution < 1.29 is 0 Å². The van der Waals surface area contributed by atoms with E-state index in [0.717, 1.165) is 99.6 Å². The molecule has 11 aromatic carbocycles. The molecule has 0 radical (unpaired) electrons. The van der Waals surface area contributed by atoms with Crippen LogP contribution in [0.4, 0.5) is 0 Å². The SMILES string of the molecule is N#Cc1cc(-n2c3ccccc3c3cc(-n4c5ccccc5c5ccccc54)ccc32)c(-n2c3ccccc3c3cc(-n4c5ccccc5c5ccccc54)ccc32)cc1-c1nc(-c2ccccc2)nc(-c2ccccc2)n1. The Morgan fingerprint density at radius 3 is 0.962 bits per heavy atom. The van der Waals surface area contributed by atoms with Gasteiger partial charge in [-0.15, -0.1) is 0 Å². The Bertz CT molecular complexity index is 5000. The number of hydrogen-bond acceptors (Lipinski definition) is 4. The highest BCUT2D eigenvalue weighted by Gasteiger charge is 2.25. The fraction of sp³-hybridized carbons (Fsp3) is 0. The zero-order valence-electron chi connectivity index (χ0n) is 41.8. The Hall–Kier alpha value is -10.9. The van der Waals surface area contributed by atoms with Gasteiger partial charge < -0.3 is 18.3 Å². The smallest absolute Gasteiger partial charge is 0.165 e. The van der Waals surface area contributed by atoms with Gasteiger partial charge in [0.1, 0.15) is 0 Å². The maximum Gasteiger partial charge on any atom is 0.165 e. The molecule has 0 saturated heterocycles. The Kier molecular flexibility index (Phi) is 9.53. The van der Waals surface area contributed by atoms with Crippen molar-refractivity contribution in [3.63, 3.8) is 0 Å². The predicted molar refractivity (Wildman–Crippen MR) is 318 cm³/mol. The van der Waals surface area contributed by atoms with Crippen LogP contribution in [-0.2, 0) is 0 Å². The van der Waals surface area contributed by atoms with Gasteiger partial charge in [-0.2, -0.15) is 5.26 Å². The van der Waals surface area contributed by atoms with Gasteiger partial charge in [-0.05, 0) is 84.9 Å². The number of nitriles is 1. The van der Waals surface area contributed by atoms with E-state index < -0.39 is 0 Å². The van der Waals surface area contributed by atoms with E-state index in [1.807, 2.05) is 66.7 Å². The molecule has 0 unspecified atom stereocenters. The Labute approximate surface area is 446 Å². The third-order valence-corrected chi connectivity index (χ3v) is 15.6. The topological polar surface area (TPSA) is 82.2 Å². The van der Waals surface area contributed by atoms with E-state index in [4.69, 9.17) is 15.0 Å². The van der Waals surface area contributed by atoms with E-state index in [1.165, 1.54) is 21.5 Å². The van der Waals surface area contributed by atoms with Gasteiger partial charge in [0, 0.05) is 71.2 Å². The molecule has 16 aromatic rings. The lowest BCUT2D eigenvalue weighted by Gasteiger charge is -2.19. The maximum absolute atomic E-state index is 11.5. The van der Waals surface area contributed by atoms with Crippen LogP contribution >= 0.6 is 0 Å². The molecule has 8 heteroatoms. The van der Waals surface area contributed by atoms with Gasteiger partial charge in [0.2, 0.25) is 0 Å². The van der Waals surface area contributed by atoms with E-state index in [9.17, 15) is 5.26 Å². The van der Waals surface area contributed by atoms with Crippen LogP contribution in [0, 0.1) is 11.3 Å². The highest BCUT2D eigenvalue weighted by molar-refractivity contribution is 6.15. The lowest BCUT2D eigenvalue weighted by Crippen LogP contribution is -2.07. The van der Waals surface area contributed by atoms with Crippen LogP contribution in [0.15, 0.2) is 255 Å². The van der Waals surface area contributed by atoms with Gasteiger partial charge in [-0.1, -0.05) is 170 Å². The Morgan fingerprint density at radius 2 is 0.577 bits per heavy atom. The molecule has 362 valence electrons. The fourth-order valence-electron chi connectivity index (χ4n) is 12.3. The molecule has 0 aliphatic rings. The van der Waals surface area contributed by atoms with Crippen molar-refractivity contribution in [2.24, 2.45) is 0 Å². The monoisotopic (exact) mass is 994 g/mol. The fourth-order valence-corrected chi connectivity index (χ4v) is 12.3. The van der Waals surface area contributed by atoms with Crippen molar-refractivity contribution in [1.29, 1.82) is 5.26 Å². The summed E-state index contributed by atoms with van der Waals surface area (Å²) < 4.78 is 9.46. The van der Waals surface area contributed by atoms with Crippen LogP contribution in [0.25, 0.3) is 144 Å². The number of hydrogen-bond donors (Lipinski definition) is 0. The maximum atomic E-state index is 11.5. The number of aromatic nitrogens is 7. The van der Waals surface area contributed by atoms with E-state index in [2.05, 4.69) is 212 Å². The Morgan fingerprint density at radius 1 is 0.269 bits per heavy atom. The summed E-state index contributed by atoms with van der Waals surface area (Å²) >= 11 is 0. The molecule has 16 rings (SSSR count). The molecule has 0 aliphatic heterocycles. The first-order chi connectivity index (χ1) is 38.7. The second kappa shape index (κ2) is 17.1. The third-order valence-electron chi connectivity index (χ3n) is 15.6. The molecule has 0 aliphatic carbocycles. The summed E-state index contributed by atoms with van der Waals surface area (Å²) in [5, 5.41) is 20.7. The van der Waals surface area contributed by atoms with Gasteiger partial charge in [0.25, 0.3) is 0 Å². The minimum Gasteiger partial charge on any atom is -0.309 e. The molecule has 0 atom stereocenters. The summed E-state index contributed by atoms with van der Waals surface area (Å²) in [6.45, 7) is 0. The van der Waals surface area contributed by atoms with Gasteiger partial charge >= 0.3 is 0 Å². The minimum atomic E-state index is 0.402. The summed E-state index contributed by atoms with van der Waals surface area (Å²) in [6.07, 6.45) is 0. The summed E-state index contributed by atoms with van der Waals surface area (Å²) in [5.74, 6) is 1.44. The Balaban J connectivity index is 0.999. The molecule has 5 heterocycles. The van der Waals surface area contributed by atoms with E-state index in [1.54, 1.807) is 0 Å². The molecule has 0 saturated carbocycles. The first-order valence-corrected chi connectivity index (χ1v) is 26.2. The van der Waals surface area contributed by atoms with E-state index in [0.29, 0.717) is 28.6 Å². The number of rotatable bonds is 7. The van der Waals surface area contributed by atoms with Crippen LogP contribution in [0.1, 0.15) is 5.56 Å². The number of para-hydroxylation sites is 6. The lowest BCUT2D eigenvalue weighted by molar-refractivity contribution is 1.06. The van der Waals surface area contributed by atoms with Crippen molar-refractivity contribution in [3.8, 4) is 63.0 Å². The largest absolute Gasteiger partial charge is 0.309 e. The zero-order chi connectivity index (χ0) is 51.4. The summed E-state index contributed by atoms with van der Waals surface area (Å²) in [4.78, 5) is 15.5. The van der Waals surface area contributed by atoms with E-state index in [-0.39, 0.29) is 0 Å². The number of fused-ring (bicyclic) bond motifs is 12. The third kappa shape index (κ3) is 6.49. The molecule has 8 nitrogen and oxygen atoms in total. The normalized spacial score (nSPS) is 11.8.